The molecule has 10 nitrogen and oxygen atoms in total. The van der Waals surface area contributed by atoms with E-state index in [1.165, 1.54) is 25.4 Å². The number of nitro benzene ring substituents is 1. The summed E-state index contributed by atoms with van der Waals surface area (Å²) in [4.78, 5) is 46.5. The van der Waals surface area contributed by atoms with Crippen molar-refractivity contribution < 1.29 is 19.2 Å². The molecule has 2 aromatic heterocycles. The molecule has 1 atom stereocenters. The first-order valence-electron chi connectivity index (χ1n) is 9.06. The number of rotatable bonds is 6. The molecule has 156 valence electrons. The van der Waals surface area contributed by atoms with E-state index in [1.54, 1.807) is 35.7 Å². The molecule has 0 aliphatic carbocycles. The lowest BCUT2D eigenvalue weighted by Gasteiger charge is -2.12. The van der Waals surface area contributed by atoms with Gasteiger partial charge in [-0.05, 0) is 25.1 Å². The summed E-state index contributed by atoms with van der Waals surface area (Å²) < 4.78 is 5.25. The van der Waals surface area contributed by atoms with Crippen molar-refractivity contribution in [3.8, 4) is 11.3 Å². The molecule has 0 radical (unpaired) electrons. The molecule has 0 spiro atoms. The number of aromatic nitrogens is 3. The number of nitrogens with one attached hydrogen (secondary N) is 2. The van der Waals surface area contributed by atoms with Crippen LogP contribution in [0.2, 0.25) is 0 Å². The van der Waals surface area contributed by atoms with Gasteiger partial charge in [0.25, 0.3) is 11.6 Å². The third-order valence-corrected chi connectivity index (χ3v) is 5.15. The average molecular weight is 437 g/mol. The zero-order chi connectivity index (χ0) is 22.0. The Balaban J connectivity index is 1.40. The van der Waals surface area contributed by atoms with E-state index in [2.05, 4.69) is 20.3 Å². The maximum absolute atomic E-state index is 12.4. The number of ether oxygens (including phenoxy) is 1. The number of carbonyl (C=O) groups excluding carboxylic acids is 2. The topological polar surface area (TPSA) is 140 Å². The van der Waals surface area contributed by atoms with Gasteiger partial charge in [0, 0.05) is 23.1 Å². The number of thiazole rings is 1. The Morgan fingerprint density at radius 1 is 1.26 bits per heavy atom. The number of fused-ring (bicyclic) bond motifs is 1. The fourth-order valence-electron chi connectivity index (χ4n) is 2.79. The van der Waals surface area contributed by atoms with Crippen LogP contribution in [0, 0.1) is 10.1 Å². The number of aromatic amines is 1. The third kappa shape index (κ3) is 4.41. The van der Waals surface area contributed by atoms with Crippen LogP contribution in [0.1, 0.15) is 17.3 Å². The van der Waals surface area contributed by atoms with Crippen LogP contribution in [-0.2, 0) is 9.53 Å². The summed E-state index contributed by atoms with van der Waals surface area (Å²) in [5, 5.41) is 15.5. The molecule has 0 aliphatic heterocycles. The number of amides is 1. The van der Waals surface area contributed by atoms with Crippen LogP contribution in [-0.4, -0.2) is 37.9 Å². The number of carbonyl (C=O) groups is 2. The normalized spacial score (nSPS) is 11.8. The summed E-state index contributed by atoms with van der Waals surface area (Å²) in [6, 6.07) is 10.9. The Morgan fingerprint density at radius 2 is 2.10 bits per heavy atom. The number of imidazole rings is 1. The van der Waals surface area contributed by atoms with Gasteiger partial charge in [-0.1, -0.05) is 12.1 Å². The van der Waals surface area contributed by atoms with Crippen LogP contribution >= 0.6 is 11.3 Å². The average Bonchev–Trinajstić information content (AvgIpc) is 3.42. The highest BCUT2D eigenvalue weighted by atomic mass is 32.1. The number of esters is 1. The van der Waals surface area contributed by atoms with Crippen molar-refractivity contribution in [1.29, 1.82) is 0 Å². The molecule has 0 saturated carbocycles. The van der Waals surface area contributed by atoms with E-state index in [0.29, 0.717) is 27.9 Å². The maximum atomic E-state index is 12.4. The van der Waals surface area contributed by atoms with Crippen molar-refractivity contribution in [2.75, 3.05) is 5.32 Å². The zero-order valence-electron chi connectivity index (χ0n) is 16.1. The van der Waals surface area contributed by atoms with Gasteiger partial charge in [-0.25, -0.2) is 14.8 Å². The second-order valence-electron chi connectivity index (χ2n) is 6.52. The monoisotopic (exact) mass is 437 g/mol. The van der Waals surface area contributed by atoms with Gasteiger partial charge in [0.2, 0.25) is 0 Å². The van der Waals surface area contributed by atoms with E-state index in [0.717, 1.165) is 11.3 Å². The highest BCUT2D eigenvalue weighted by Crippen LogP contribution is 2.27. The fraction of sp³-hybridized carbons (Fsp3) is 0.100. The Hall–Kier alpha value is -4.12. The van der Waals surface area contributed by atoms with Crippen molar-refractivity contribution >= 4 is 45.1 Å². The van der Waals surface area contributed by atoms with Crippen molar-refractivity contribution in [3.63, 3.8) is 0 Å². The summed E-state index contributed by atoms with van der Waals surface area (Å²) in [5.74, 6) is -1.19. The third-order valence-electron chi connectivity index (χ3n) is 4.40. The highest BCUT2D eigenvalue weighted by Gasteiger charge is 2.21. The summed E-state index contributed by atoms with van der Waals surface area (Å²) in [6.07, 6.45) is 0.460. The number of benzene rings is 2. The van der Waals surface area contributed by atoms with Gasteiger partial charge in [-0.3, -0.25) is 20.2 Å². The molecular weight excluding hydrogens is 422 g/mol. The van der Waals surface area contributed by atoms with Crippen molar-refractivity contribution in [1.82, 2.24) is 15.0 Å². The molecule has 1 amide bonds. The second kappa shape index (κ2) is 8.32. The van der Waals surface area contributed by atoms with Crippen molar-refractivity contribution in [2.24, 2.45) is 0 Å². The first kappa shape index (κ1) is 20.2. The van der Waals surface area contributed by atoms with Gasteiger partial charge in [0.15, 0.2) is 11.2 Å². The molecule has 0 saturated heterocycles. The lowest BCUT2D eigenvalue weighted by atomic mass is 10.1. The number of anilines is 1. The molecule has 1 unspecified atom stereocenters. The van der Waals surface area contributed by atoms with Crippen molar-refractivity contribution in [2.45, 2.75) is 13.0 Å². The maximum Gasteiger partial charge on any atom is 0.338 e. The highest BCUT2D eigenvalue weighted by molar-refractivity contribution is 7.14. The van der Waals surface area contributed by atoms with E-state index < -0.39 is 22.9 Å². The number of nitrogens with zero attached hydrogens (tertiary/aromatic N) is 3. The SMILES string of the molecule is CC(OC(=O)c1ccc2nc[nH]c2c1)C(=O)Nc1nc(-c2cccc([N+](=O)[O-])c2)cs1. The number of nitro groups is 1. The summed E-state index contributed by atoms with van der Waals surface area (Å²) >= 11 is 1.16. The minimum absolute atomic E-state index is 0.0510. The summed E-state index contributed by atoms with van der Waals surface area (Å²) in [6.45, 7) is 1.46. The standard InChI is InChI=1S/C20H15N5O5S/c1-11(30-19(27)13-5-6-15-16(8-13)22-10-21-15)18(26)24-20-23-17(9-31-20)12-3-2-4-14(7-12)25(28)29/h2-11H,1H3,(H,21,22)(H,23,24,26). The van der Waals surface area contributed by atoms with E-state index in [1.807, 2.05) is 0 Å². The Morgan fingerprint density at radius 3 is 2.90 bits per heavy atom. The van der Waals surface area contributed by atoms with Gasteiger partial charge in [-0.2, -0.15) is 0 Å². The number of non-ortho nitro benzene ring substituents is 1. The zero-order valence-corrected chi connectivity index (χ0v) is 16.9. The molecule has 0 fully saturated rings. The molecule has 2 heterocycles. The van der Waals surface area contributed by atoms with Gasteiger partial charge >= 0.3 is 5.97 Å². The Bertz CT molecular complexity index is 1300. The van der Waals surface area contributed by atoms with E-state index in [9.17, 15) is 19.7 Å². The van der Waals surface area contributed by atoms with Crippen molar-refractivity contribution in [3.05, 3.63) is 69.8 Å². The Labute approximate surface area is 179 Å². The summed E-state index contributed by atoms with van der Waals surface area (Å²) in [7, 11) is 0. The number of hydrogen-bond acceptors (Lipinski definition) is 8. The molecule has 0 aliphatic rings. The first-order valence-corrected chi connectivity index (χ1v) is 9.94. The lowest BCUT2D eigenvalue weighted by molar-refractivity contribution is -0.384. The van der Waals surface area contributed by atoms with Crippen LogP contribution in [0.4, 0.5) is 10.8 Å². The van der Waals surface area contributed by atoms with E-state index >= 15 is 0 Å². The fourth-order valence-corrected chi connectivity index (χ4v) is 3.52. The number of H-pyrrole nitrogens is 1. The second-order valence-corrected chi connectivity index (χ2v) is 7.37. The van der Waals surface area contributed by atoms with Crippen LogP contribution in [0.25, 0.3) is 22.3 Å². The molecule has 31 heavy (non-hydrogen) atoms. The molecule has 4 aromatic rings. The van der Waals surface area contributed by atoms with Crippen LogP contribution < -0.4 is 5.32 Å². The molecular formula is C20H15N5O5S. The molecule has 4 rings (SSSR count). The van der Waals surface area contributed by atoms with Crippen LogP contribution in [0.15, 0.2) is 54.2 Å². The molecule has 0 bridgehead atoms. The summed E-state index contributed by atoms with van der Waals surface area (Å²) in [5.41, 5.74) is 2.68. The quantitative estimate of drug-likeness (QED) is 0.266. The smallest absolute Gasteiger partial charge is 0.338 e. The van der Waals surface area contributed by atoms with Gasteiger partial charge in [0.05, 0.1) is 33.5 Å². The minimum atomic E-state index is -1.06. The first-order chi connectivity index (χ1) is 14.9. The van der Waals surface area contributed by atoms with E-state index in [-0.39, 0.29) is 10.8 Å². The van der Waals surface area contributed by atoms with Crippen LogP contribution in [0.3, 0.4) is 0 Å². The van der Waals surface area contributed by atoms with Gasteiger partial charge < -0.3 is 9.72 Å². The minimum Gasteiger partial charge on any atom is -0.449 e. The van der Waals surface area contributed by atoms with Gasteiger partial charge in [0.1, 0.15) is 0 Å². The van der Waals surface area contributed by atoms with E-state index in [4.69, 9.17) is 4.74 Å². The van der Waals surface area contributed by atoms with Gasteiger partial charge in [-0.15, -0.1) is 11.3 Å². The molecule has 11 heteroatoms. The molecule has 2 N–H and O–H groups in total. The number of hydrogen-bond donors (Lipinski definition) is 2. The largest absolute Gasteiger partial charge is 0.449 e. The Kier molecular flexibility index (Phi) is 5.41. The molecule has 2 aromatic carbocycles. The predicted molar refractivity (Wildman–Crippen MR) is 114 cm³/mol. The van der Waals surface area contributed by atoms with Crippen LogP contribution in [0.5, 0.6) is 0 Å². The predicted octanol–water partition coefficient (Wildman–Crippen LogP) is 3.78. The lowest BCUT2D eigenvalue weighted by Crippen LogP contribution is -2.29.